The molecule has 3 heteroatoms. The van der Waals surface area contributed by atoms with Gasteiger partial charge in [-0.25, -0.2) is 0 Å². The second kappa shape index (κ2) is 9.73. The third-order valence-electron chi connectivity index (χ3n) is 3.44. The predicted molar refractivity (Wildman–Crippen MR) is 101 cm³/mol. The number of rotatable bonds is 4. The Balaban J connectivity index is 0.000000471. The van der Waals surface area contributed by atoms with Crippen LogP contribution >= 0.6 is 5.55 Å². The van der Waals surface area contributed by atoms with E-state index in [0.29, 0.717) is 6.42 Å². The van der Waals surface area contributed by atoms with Crippen molar-refractivity contribution in [1.82, 2.24) is 0 Å². The van der Waals surface area contributed by atoms with Gasteiger partial charge in [0.15, 0.2) is 0 Å². The van der Waals surface area contributed by atoms with Crippen LogP contribution in [0.3, 0.4) is 0 Å². The van der Waals surface area contributed by atoms with Crippen LogP contribution in [0.2, 0.25) is 0 Å². The van der Waals surface area contributed by atoms with Crippen LogP contribution in [0.1, 0.15) is 6.42 Å². The number of hydrogen-bond acceptors (Lipinski definition) is 0. The maximum atomic E-state index is 10.7. The van der Waals surface area contributed by atoms with Crippen molar-refractivity contribution in [3.05, 3.63) is 97.9 Å². The Kier molecular flexibility index (Phi) is 7.65. The number of benzene rings is 3. The Morgan fingerprint density at radius 2 is 0.917 bits per heavy atom. The van der Waals surface area contributed by atoms with Crippen molar-refractivity contribution in [1.29, 1.82) is 0 Å². The summed E-state index contributed by atoms with van der Waals surface area (Å²) in [4.78, 5) is 0. The fraction of sp³-hybridized carbons (Fsp3) is 0.0952. The molecule has 0 saturated carbocycles. The van der Waals surface area contributed by atoms with Gasteiger partial charge >= 0.3 is 127 Å². The van der Waals surface area contributed by atoms with Crippen molar-refractivity contribution in [3.63, 3.8) is 0 Å². The molecule has 0 atom stereocenters. The zero-order valence-electron chi connectivity index (χ0n) is 13.4. The summed E-state index contributed by atoms with van der Waals surface area (Å²) in [7, 11) is 0. The van der Waals surface area contributed by atoms with Crippen molar-refractivity contribution in [2.75, 3.05) is 6.67 Å². The van der Waals surface area contributed by atoms with E-state index in [1.54, 1.807) is 0 Å². The molecule has 0 bridgehead atoms. The summed E-state index contributed by atoms with van der Waals surface area (Å²) in [5.74, 6) is 0. The number of halogens is 1. The standard InChI is InChI=1S/C18H15P.C3H6F.Co/c1-4-10-16(11-5-1)19(17-12-6-2-7-13-17)18-14-8-3-9-15-18;1-2-3-4;/h1-15H;1-3H2;/q;-1;. The molecule has 0 aliphatic rings. The van der Waals surface area contributed by atoms with E-state index in [0.717, 1.165) is 0 Å². The van der Waals surface area contributed by atoms with Crippen molar-refractivity contribution in [2.24, 2.45) is 0 Å². The number of alkyl halides is 1. The molecular formula is C21H21CoFP-. The average Bonchev–Trinajstić information content (AvgIpc) is 2.69. The first-order valence-corrected chi connectivity index (χ1v) is 10.9. The molecular weight excluding hydrogens is 361 g/mol. The minimum absolute atomic E-state index is 0.292. The van der Waals surface area contributed by atoms with Crippen molar-refractivity contribution in [3.8, 4) is 0 Å². The molecule has 3 aromatic carbocycles. The van der Waals surface area contributed by atoms with Gasteiger partial charge < -0.3 is 6.92 Å². The molecule has 0 aliphatic heterocycles. The third kappa shape index (κ3) is 4.54. The summed E-state index contributed by atoms with van der Waals surface area (Å²) >= 11 is 5.26. The monoisotopic (exact) mass is 382 g/mol. The van der Waals surface area contributed by atoms with Crippen LogP contribution < -0.4 is 15.9 Å². The van der Waals surface area contributed by atoms with Gasteiger partial charge in [0, 0.05) is 0 Å². The summed E-state index contributed by atoms with van der Waals surface area (Å²) in [5, 5.41) is 3.87. The van der Waals surface area contributed by atoms with Gasteiger partial charge in [0.05, 0.1) is 6.67 Å². The molecule has 0 spiro atoms. The van der Waals surface area contributed by atoms with Gasteiger partial charge in [-0.2, -0.15) is 6.42 Å². The molecule has 24 heavy (non-hydrogen) atoms. The molecule has 0 aliphatic carbocycles. The van der Waals surface area contributed by atoms with E-state index in [4.69, 9.17) is 14.8 Å². The molecule has 0 fully saturated rings. The zero-order chi connectivity index (χ0) is 17.3. The summed E-state index contributed by atoms with van der Waals surface area (Å²) in [5.41, 5.74) is -1.84. The Bertz CT molecular complexity index is 652. The van der Waals surface area contributed by atoms with Crippen LogP contribution in [-0.4, -0.2) is 6.67 Å². The van der Waals surface area contributed by atoms with E-state index in [9.17, 15) is 4.39 Å². The molecule has 3 aromatic rings. The Morgan fingerprint density at radius 1 is 0.667 bits per heavy atom. The van der Waals surface area contributed by atoms with Gasteiger partial charge in [-0.05, 0) is 0 Å². The molecule has 0 radical (unpaired) electrons. The topological polar surface area (TPSA) is 0 Å². The average molecular weight is 382 g/mol. The SMILES string of the molecule is [CH2-]CCF.[Co]=[P](c1ccccc1)(c1ccccc1)c1ccccc1. The molecule has 0 nitrogen and oxygen atoms in total. The van der Waals surface area contributed by atoms with E-state index in [-0.39, 0.29) is 6.67 Å². The third-order valence-corrected chi connectivity index (χ3v) is 8.81. The van der Waals surface area contributed by atoms with Crippen LogP contribution in [0.25, 0.3) is 0 Å². The molecule has 3 rings (SSSR count). The Hall–Kier alpha value is -1.47. The van der Waals surface area contributed by atoms with Crippen LogP contribution in [0.4, 0.5) is 4.39 Å². The molecule has 0 unspecified atom stereocenters. The fourth-order valence-electron chi connectivity index (χ4n) is 2.33. The van der Waals surface area contributed by atoms with E-state index in [1.807, 2.05) is 0 Å². The normalized spacial score (nSPS) is 10.6. The minimum atomic E-state index is -1.84. The molecule has 0 saturated heterocycles. The molecule has 127 valence electrons. The predicted octanol–water partition coefficient (Wildman–Crippen LogP) is 4.62. The van der Waals surface area contributed by atoms with Gasteiger partial charge in [0.1, 0.15) is 0 Å². The first-order valence-electron chi connectivity index (χ1n) is 7.82. The van der Waals surface area contributed by atoms with Crippen molar-refractivity contribution in [2.45, 2.75) is 6.42 Å². The molecule has 0 N–H and O–H groups in total. The quantitative estimate of drug-likeness (QED) is 0.456. The Morgan fingerprint density at radius 3 is 1.12 bits per heavy atom. The zero-order valence-corrected chi connectivity index (χ0v) is 15.4. The van der Waals surface area contributed by atoms with Crippen LogP contribution in [0.5, 0.6) is 0 Å². The van der Waals surface area contributed by atoms with Crippen LogP contribution in [0.15, 0.2) is 91.0 Å². The maximum absolute atomic E-state index is 10.7. The molecule has 0 heterocycles. The van der Waals surface area contributed by atoms with Gasteiger partial charge in [0.25, 0.3) is 0 Å². The van der Waals surface area contributed by atoms with Gasteiger partial charge in [-0.3, -0.25) is 4.39 Å². The second-order valence-corrected chi connectivity index (χ2v) is 9.87. The first kappa shape index (κ1) is 18.9. The van der Waals surface area contributed by atoms with Gasteiger partial charge in [0.2, 0.25) is 0 Å². The van der Waals surface area contributed by atoms with E-state index < -0.39 is 5.55 Å². The van der Waals surface area contributed by atoms with E-state index in [2.05, 4.69) is 97.9 Å². The second-order valence-electron chi connectivity index (χ2n) is 5.11. The van der Waals surface area contributed by atoms with Crippen molar-refractivity contribution < 1.29 is 19.2 Å². The van der Waals surface area contributed by atoms with Crippen molar-refractivity contribution >= 4 is 21.5 Å². The van der Waals surface area contributed by atoms with E-state index >= 15 is 0 Å². The summed E-state index contributed by atoms with van der Waals surface area (Å²) in [6.45, 7) is 2.94. The molecule has 0 aromatic heterocycles. The summed E-state index contributed by atoms with van der Waals surface area (Å²) in [6, 6.07) is 31.8. The molecule has 0 amide bonds. The Labute approximate surface area is 151 Å². The summed E-state index contributed by atoms with van der Waals surface area (Å²) < 4.78 is 10.7. The van der Waals surface area contributed by atoms with E-state index in [1.165, 1.54) is 15.9 Å². The fourth-order valence-corrected chi connectivity index (χ4v) is 6.33. The summed E-state index contributed by atoms with van der Waals surface area (Å²) in [6.07, 6.45) is 0.403. The van der Waals surface area contributed by atoms with Gasteiger partial charge in [-0.15, -0.1) is 0 Å². The van der Waals surface area contributed by atoms with Crippen LogP contribution in [-0.2, 0) is 14.8 Å². The van der Waals surface area contributed by atoms with Gasteiger partial charge in [-0.1, -0.05) is 0 Å². The van der Waals surface area contributed by atoms with Crippen LogP contribution in [0, 0.1) is 6.92 Å². The first-order chi connectivity index (χ1) is 11.7. The number of hydrogen-bond donors (Lipinski definition) is 0.